The minimum absolute atomic E-state index is 0.278. The zero-order chi connectivity index (χ0) is 19.9. The molecule has 0 aliphatic heterocycles. The van der Waals surface area contributed by atoms with Crippen LogP contribution in [0.2, 0.25) is 0 Å². The number of carboxylic acids is 1. The minimum Gasteiger partial charge on any atom is -0.480 e. The van der Waals surface area contributed by atoms with Gasteiger partial charge < -0.3 is 15.7 Å². The van der Waals surface area contributed by atoms with Crippen LogP contribution in [0, 0.1) is 0 Å². The van der Waals surface area contributed by atoms with Gasteiger partial charge in [-0.15, -0.1) is 0 Å². The number of allylic oxidation sites excluding steroid dienone is 2. The quantitative estimate of drug-likeness (QED) is 0.258. The molecule has 3 N–H and O–H groups in total. The Morgan fingerprint density at radius 3 is 1.58 bits per heavy atom. The van der Waals surface area contributed by atoms with E-state index < -0.39 is 5.97 Å². The van der Waals surface area contributed by atoms with E-state index in [9.17, 15) is 4.79 Å². The standard InChI is InChI=1S/C20H41N.C2H5NO2/c1-4-5-6-7-8-9-10-11-12-13-14-15-16-17-18-19-20-21(2)3;3-1-2(4)5/h11-12H,4-10,13-20H2,1-3H3;1,3H2,(H,4,5)/b12-11-;. The third-order valence-electron chi connectivity index (χ3n) is 4.29. The highest BCUT2D eigenvalue weighted by molar-refractivity contribution is 5.68. The monoisotopic (exact) mass is 370 g/mol. The highest BCUT2D eigenvalue weighted by Gasteiger charge is 1.92. The second kappa shape index (κ2) is 24.1. The summed E-state index contributed by atoms with van der Waals surface area (Å²) in [7, 11) is 4.33. The Bertz CT molecular complexity index is 305. The zero-order valence-corrected chi connectivity index (χ0v) is 17.8. The van der Waals surface area contributed by atoms with Gasteiger partial charge in [0.05, 0.1) is 6.54 Å². The number of hydrogen-bond acceptors (Lipinski definition) is 3. The Hall–Kier alpha value is -0.870. The van der Waals surface area contributed by atoms with Gasteiger partial charge in [-0.05, 0) is 52.7 Å². The molecule has 0 heterocycles. The van der Waals surface area contributed by atoms with E-state index in [1.807, 2.05) is 0 Å². The maximum atomic E-state index is 9.24. The van der Waals surface area contributed by atoms with Crippen LogP contribution in [0.5, 0.6) is 0 Å². The first-order chi connectivity index (χ1) is 12.5. The fourth-order valence-corrected chi connectivity index (χ4v) is 2.68. The van der Waals surface area contributed by atoms with Crippen molar-refractivity contribution in [1.82, 2.24) is 4.90 Å². The van der Waals surface area contributed by atoms with E-state index in [0.717, 1.165) is 0 Å². The normalized spacial score (nSPS) is 11.0. The fourth-order valence-electron chi connectivity index (χ4n) is 2.68. The predicted octanol–water partition coefficient (Wildman–Crippen LogP) is 5.62. The van der Waals surface area contributed by atoms with Gasteiger partial charge in [0, 0.05) is 0 Å². The molecular weight excluding hydrogens is 324 g/mol. The molecule has 0 amide bonds. The lowest BCUT2D eigenvalue weighted by atomic mass is 10.1. The van der Waals surface area contributed by atoms with Crippen LogP contribution in [0.4, 0.5) is 0 Å². The van der Waals surface area contributed by atoms with E-state index in [1.54, 1.807) is 0 Å². The Morgan fingerprint density at radius 2 is 1.19 bits per heavy atom. The Morgan fingerprint density at radius 1 is 0.808 bits per heavy atom. The van der Waals surface area contributed by atoms with E-state index in [-0.39, 0.29) is 6.54 Å². The zero-order valence-electron chi connectivity index (χ0n) is 17.8. The van der Waals surface area contributed by atoms with Crippen molar-refractivity contribution in [2.24, 2.45) is 5.73 Å². The van der Waals surface area contributed by atoms with Gasteiger partial charge in [-0.2, -0.15) is 0 Å². The molecular formula is C22H46N2O2. The summed E-state index contributed by atoms with van der Waals surface area (Å²) in [6.07, 6.45) is 24.3. The van der Waals surface area contributed by atoms with Gasteiger partial charge in [-0.1, -0.05) is 76.9 Å². The number of carbonyl (C=O) groups is 1. The van der Waals surface area contributed by atoms with Gasteiger partial charge in [0.1, 0.15) is 0 Å². The molecule has 4 heteroatoms. The van der Waals surface area contributed by atoms with E-state index in [4.69, 9.17) is 5.11 Å². The van der Waals surface area contributed by atoms with Crippen LogP contribution < -0.4 is 5.73 Å². The first-order valence-electron chi connectivity index (χ1n) is 10.8. The summed E-state index contributed by atoms with van der Waals surface area (Å²) in [6.45, 7) is 3.26. The number of unbranched alkanes of at least 4 members (excludes halogenated alkanes) is 12. The second-order valence-electron chi connectivity index (χ2n) is 7.34. The van der Waals surface area contributed by atoms with Crippen LogP contribution in [0.15, 0.2) is 12.2 Å². The van der Waals surface area contributed by atoms with Gasteiger partial charge in [0.2, 0.25) is 0 Å². The van der Waals surface area contributed by atoms with Crippen molar-refractivity contribution in [3.63, 3.8) is 0 Å². The van der Waals surface area contributed by atoms with Gasteiger partial charge >= 0.3 is 5.97 Å². The van der Waals surface area contributed by atoms with Crippen molar-refractivity contribution in [1.29, 1.82) is 0 Å². The number of hydrogen-bond donors (Lipinski definition) is 2. The molecule has 4 nitrogen and oxygen atoms in total. The minimum atomic E-state index is -0.968. The van der Waals surface area contributed by atoms with Crippen molar-refractivity contribution in [2.45, 2.75) is 96.8 Å². The smallest absolute Gasteiger partial charge is 0.317 e. The third-order valence-corrected chi connectivity index (χ3v) is 4.29. The Labute approximate surface area is 163 Å². The summed E-state index contributed by atoms with van der Waals surface area (Å²) < 4.78 is 0. The lowest BCUT2D eigenvalue weighted by Gasteiger charge is -2.08. The summed E-state index contributed by atoms with van der Waals surface area (Å²) in [6, 6.07) is 0. The van der Waals surface area contributed by atoms with Crippen LogP contribution in [0.25, 0.3) is 0 Å². The third kappa shape index (κ3) is 31.0. The van der Waals surface area contributed by atoms with Crippen molar-refractivity contribution in [2.75, 3.05) is 27.2 Å². The van der Waals surface area contributed by atoms with Crippen molar-refractivity contribution >= 4 is 5.97 Å². The maximum absolute atomic E-state index is 9.24. The number of rotatable bonds is 17. The molecule has 0 aromatic rings. The summed E-state index contributed by atoms with van der Waals surface area (Å²) in [4.78, 5) is 11.5. The van der Waals surface area contributed by atoms with E-state index in [2.05, 4.69) is 43.8 Å². The SMILES string of the molecule is CCCCCCCC/C=C\CCCCCCCCN(C)C.NCC(=O)O. The van der Waals surface area contributed by atoms with Crippen molar-refractivity contribution < 1.29 is 9.90 Å². The van der Waals surface area contributed by atoms with Crippen LogP contribution in [-0.4, -0.2) is 43.2 Å². The van der Waals surface area contributed by atoms with Crippen LogP contribution in [0.3, 0.4) is 0 Å². The van der Waals surface area contributed by atoms with Gasteiger partial charge in [0.25, 0.3) is 0 Å². The van der Waals surface area contributed by atoms with Crippen LogP contribution in [0.1, 0.15) is 96.8 Å². The molecule has 0 bridgehead atoms. The molecule has 0 aliphatic rings. The van der Waals surface area contributed by atoms with E-state index in [1.165, 1.54) is 96.4 Å². The van der Waals surface area contributed by atoms with Crippen molar-refractivity contribution in [3.05, 3.63) is 12.2 Å². The molecule has 156 valence electrons. The summed E-state index contributed by atoms with van der Waals surface area (Å²) in [5.74, 6) is -0.968. The first-order valence-corrected chi connectivity index (χ1v) is 10.8. The molecule has 0 aromatic carbocycles. The molecule has 0 aliphatic carbocycles. The molecule has 0 fully saturated rings. The van der Waals surface area contributed by atoms with Crippen LogP contribution in [-0.2, 0) is 4.79 Å². The topological polar surface area (TPSA) is 66.6 Å². The lowest BCUT2D eigenvalue weighted by molar-refractivity contribution is -0.135. The number of aliphatic carboxylic acids is 1. The second-order valence-corrected chi connectivity index (χ2v) is 7.34. The maximum Gasteiger partial charge on any atom is 0.317 e. The highest BCUT2D eigenvalue weighted by atomic mass is 16.4. The van der Waals surface area contributed by atoms with Gasteiger partial charge in [-0.25, -0.2) is 0 Å². The lowest BCUT2D eigenvalue weighted by Crippen LogP contribution is -2.12. The average molecular weight is 371 g/mol. The fraction of sp³-hybridized carbons (Fsp3) is 0.864. The first kappa shape index (κ1) is 27.3. The Balaban J connectivity index is 0. The van der Waals surface area contributed by atoms with Gasteiger partial charge in [0.15, 0.2) is 0 Å². The number of carboxylic acid groups (broad SMARTS) is 1. The van der Waals surface area contributed by atoms with Gasteiger partial charge in [-0.3, -0.25) is 4.79 Å². The van der Waals surface area contributed by atoms with Crippen LogP contribution >= 0.6 is 0 Å². The number of nitrogens with zero attached hydrogens (tertiary/aromatic N) is 1. The van der Waals surface area contributed by atoms with E-state index >= 15 is 0 Å². The van der Waals surface area contributed by atoms with Crippen molar-refractivity contribution in [3.8, 4) is 0 Å². The summed E-state index contributed by atoms with van der Waals surface area (Å²) >= 11 is 0. The molecule has 0 atom stereocenters. The largest absolute Gasteiger partial charge is 0.480 e. The highest BCUT2D eigenvalue weighted by Crippen LogP contribution is 2.09. The van der Waals surface area contributed by atoms with E-state index in [0.29, 0.717) is 0 Å². The molecule has 0 radical (unpaired) electrons. The average Bonchev–Trinajstić information content (AvgIpc) is 2.61. The molecule has 0 rings (SSSR count). The molecule has 0 aromatic heterocycles. The molecule has 0 saturated carbocycles. The molecule has 0 saturated heterocycles. The molecule has 0 spiro atoms. The Kier molecular flexibility index (Phi) is 25.4. The summed E-state index contributed by atoms with van der Waals surface area (Å²) in [5, 5.41) is 7.60. The molecule has 0 unspecified atom stereocenters. The predicted molar refractivity (Wildman–Crippen MR) is 115 cm³/mol. The number of nitrogens with two attached hydrogens (primary N) is 1. The summed E-state index contributed by atoms with van der Waals surface area (Å²) in [5.41, 5.74) is 4.57. The molecule has 26 heavy (non-hydrogen) atoms.